The Hall–Kier alpha value is -3.78. The average Bonchev–Trinajstić information content (AvgIpc) is 2.89. The van der Waals surface area contributed by atoms with Crippen molar-refractivity contribution in [3.8, 4) is 5.75 Å². The number of aldehydes is 1. The average molecular weight is 478 g/mol. The number of methoxy groups -OCH3 is 1. The molecule has 2 aromatic carbocycles. The van der Waals surface area contributed by atoms with E-state index in [-0.39, 0.29) is 12.4 Å². The Bertz CT molecular complexity index is 1100. The summed E-state index contributed by atoms with van der Waals surface area (Å²) in [6.07, 6.45) is 2.52. The zero-order valence-corrected chi connectivity index (χ0v) is 20.3. The van der Waals surface area contributed by atoms with Gasteiger partial charge in [0.05, 0.1) is 43.4 Å². The number of nitrogens with zero attached hydrogens (tertiary/aromatic N) is 4. The normalized spacial score (nSPS) is 15.0. The van der Waals surface area contributed by atoms with Crippen molar-refractivity contribution >= 4 is 30.0 Å². The summed E-state index contributed by atoms with van der Waals surface area (Å²) in [6.45, 7) is 11.8. The molecular weight excluding hydrogens is 445 g/mol. The molecular formula is C27H32FN5O2. The minimum atomic E-state index is -0.382. The zero-order valence-electron chi connectivity index (χ0n) is 20.3. The number of carbonyl (C=O) groups excluding carboxylic acids is 1. The number of allylic oxidation sites excluding steroid dienone is 1. The van der Waals surface area contributed by atoms with Gasteiger partial charge >= 0.3 is 0 Å². The first kappa shape index (κ1) is 25.8. The minimum Gasteiger partial charge on any atom is -0.496 e. The molecule has 0 aromatic heterocycles. The van der Waals surface area contributed by atoms with Crippen molar-refractivity contribution in [2.45, 2.75) is 6.54 Å². The van der Waals surface area contributed by atoms with E-state index in [2.05, 4.69) is 45.5 Å². The molecule has 0 aliphatic carbocycles. The van der Waals surface area contributed by atoms with E-state index in [1.807, 2.05) is 12.1 Å². The summed E-state index contributed by atoms with van der Waals surface area (Å²) in [5.41, 5.74) is 4.21. The molecule has 0 bridgehead atoms. The third-order valence-electron chi connectivity index (χ3n) is 6.01. The summed E-state index contributed by atoms with van der Waals surface area (Å²) in [7, 11) is 3.27. The van der Waals surface area contributed by atoms with E-state index in [1.54, 1.807) is 25.4 Å². The van der Waals surface area contributed by atoms with Crippen molar-refractivity contribution in [3.63, 3.8) is 0 Å². The van der Waals surface area contributed by atoms with Crippen LogP contribution in [-0.4, -0.2) is 70.5 Å². The standard InChI is InChI=1S/C27H32FN5O2/c1-20(21-8-10-22(11-9-21)33-14-12-32(13-15-33)16-17-34)27(25(30-3)19-29-2)31-18-23-24(28)6-5-7-26(23)35-4/h5-11,17,19,30H,1-2,12-16,18H2,3-4H3/b25-19+,31-27?. The topological polar surface area (TPSA) is 69.5 Å². The molecule has 0 spiro atoms. The molecule has 0 radical (unpaired) electrons. The lowest BCUT2D eigenvalue weighted by Crippen LogP contribution is -2.46. The molecule has 0 saturated carbocycles. The van der Waals surface area contributed by atoms with Gasteiger partial charge in [0.1, 0.15) is 17.9 Å². The number of rotatable bonds is 11. The van der Waals surface area contributed by atoms with Crippen LogP contribution in [0, 0.1) is 5.82 Å². The number of anilines is 1. The molecule has 35 heavy (non-hydrogen) atoms. The predicted molar refractivity (Wildman–Crippen MR) is 141 cm³/mol. The lowest BCUT2D eigenvalue weighted by molar-refractivity contribution is -0.108. The number of aliphatic imine (C=N–C) groups is 2. The second-order valence-corrected chi connectivity index (χ2v) is 8.04. The van der Waals surface area contributed by atoms with Gasteiger partial charge in [0.25, 0.3) is 0 Å². The van der Waals surface area contributed by atoms with E-state index >= 15 is 0 Å². The molecule has 0 atom stereocenters. The maximum atomic E-state index is 14.5. The van der Waals surface area contributed by atoms with Crippen LogP contribution in [0.5, 0.6) is 5.75 Å². The van der Waals surface area contributed by atoms with Gasteiger partial charge in [0.2, 0.25) is 0 Å². The largest absolute Gasteiger partial charge is 0.496 e. The molecule has 1 fully saturated rings. The highest BCUT2D eigenvalue weighted by Crippen LogP contribution is 2.26. The molecule has 1 heterocycles. The molecule has 0 unspecified atom stereocenters. The van der Waals surface area contributed by atoms with E-state index in [0.717, 1.165) is 43.7 Å². The molecule has 7 nitrogen and oxygen atoms in total. The molecule has 0 amide bonds. The van der Waals surface area contributed by atoms with Gasteiger partial charge in [-0.15, -0.1) is 0 Å². The molecule has 8 heteroatoms. The van der Waals surface area contributed by atoms with E-state index in [1.165, 1.54) is 13.2 Å². The van der Waals surface area contributed by atoms with Gasteiger partial charge in [0.15, 0.2) is 0 Å². The van der Waals surface area contributed by atoms with Crippen molar-refractivity contribution in [1.82, 2.24) is 10.2 Å². The Morgan fingerprint density at radius 1 is 1.17 bits per heavy atom. The van der Waals surface area contributed by atoms with Crippen LogP contribution in [-0.2, 0) is 11.3 Å². The first-order chi connectivity index (χ1) is 17.0. The van der Waals surface area contributed by atoms with Crippen LogP contribution in [0.1, 0.15) is 11.1 Å². The molecule has 3 rings (SSSR count). The van der Waals surface area contributed by atoms with Crippen LogP contribution in [0.4, 0.5) is 10.1 Å². The van der Waals surface area contributed by atoms with Gasteiger partial charge in [-0.05, 0) is 36.5 Å². The maximum Gasteiger partial charge on any atom is 0.133 e. The number of nitrogens with one attached hydrogen (secondary N) is 1. The van der Waals surface area contributed by atoms with Gasteiger partial charge in [-0.2, -0.15) is 0 Å². The fourth-order valence-corrected chi connectivity index (χ4v) is 4.02. The highest BCUT2D eigenvalue weighted by molar-refractivity contribution is 6.30. The highest BCUT2D eigenvalue weighted by atomic mass is 19.1. The predicted octanol–water partition coefficient (Wildman–Crippen LogP) is 3.57. The summed E-state index contributed by atoms with van der Waals surface area (Å²) in [6, 6.07) is 12.8. The third-order valence-corrected chi connectivity index (χ3v) is 6.01. The van der Waals surface area contributed by atoms with Gasteiger partial charge in [-0.25, -0.2) is 4.39 Å². The number of hydrogen-bond donors (Lipinski definition) is 1. The second kappa shape index (κ2) is 12.6. The van der Waals surface area contributed by atoms with Crippen LogP contribution in [0.3, 0.4) is 0 Å². The maximum absolute atomic E-state index is 14.5. The van der Waals surface area contributed by atoms with Gasteiger partial charge in [0, 0.05) is 44.5 Å². The SMILES string of the molecule is C=N/C=C(/NC)C(=NCc1c(F)cccc1OC)C(=C)c1ccc(N2CCN(CC=O)CC2)cc1. The number of halogens is 1. The van der Waals surface area contributed by atoms with E-state index in [4.69, 9.17) is 9.73 Å². The van der Waals surface area contributed by atoms with E-state index < -0.39 is 0 Å². The van der Waals surface area contributed by atoms with E-state index in [0.29, 0.717) is 34.8 Å². The summed E-state index contributed by atoms with van der Waals surface area (Å²) < 4.78 is 19.8. The first-order valence-electron chi connectivity index (χ1n) is 11.4. The van der Waals surface area contributed by atoms with Crippen molar-refractivity contribution < 1.29 is 13.9 Å². The molecule has 184 valence electrons. The van der Waals surface area contributed by atoms with Crippen LogP contribution in [0.2, 0.25) is 0 Å². The molecule has 2 aromatic rings. The highest BCUT2D eigenvalue weighted by Gasteiger charge is 2.18. The van der Waals surface area contributed by atoms with Crippen LogP contribution in [0.25, 0.3) is 5.57 Å². The zero-order chi connectivity index (χ0) is 25.2. The molecule has 1 aliphatic rings. The van der Waals surface area contributed by atoms with Crippen LogP contribution >= 0.6 is 0 Å². The first-order valence-corrected chi connectivity index (χ1v) is 11.4. The second-order valence-electron chi connectivity index (χ2n) is 8.04. The van der Waals surface area contributed by atoms with E-state index in [9.17, 15) is 9.18 Å². The number of hydrogen-bond acceptors (Lipinski definition) is 7. The Morgan fingerprint density at radius 3 is 2.49 bits per heavy atom. The number of ether oxygens (including phenoxy) is 1. The van der Waals surface area contributed by atoms with Crippen molar-refractivity contribution in [3.05, 3.63) is 77.9 Å². The van der Waals surface area contributed by atoms with Crippen LogP contribution < -0.4 is 15.0 Å². The quantitative estimate of drug-likeness (QED) is 0.396. The Labute approximate surface area is 206 Å². The molecule has 1 saturated heterocycles. The Kier molecular flexibility index (Phi) is 9.31. The lowest BCUT2D eigenvalue weighted by Gasteiger charge is -2.35. The van der Waals surface area contributed by atoms with Gasteiger partial charge < -0.3 is 19.7 Å². The minimum absolute atomic E-state index is 0.0729. The fraction of sp³-hybridized carbons (Fsp3) is 0.296. The van der Waals surface area contributed by atoms with Crippen molar-refractivity contribution in [2.75, 3.05) is 51.8 Å². The Balaban J connectivity index is 1.84. The Morgan fingerprint density at radius 2 is 1.89 bits per heavy atom. The summed E-state index contributed by atoms with van der Waals surface area (Å²) in [5.74, 6) is 0.0561. The lowest BCUT2D eigenvalue weighted by atomic mass is 10.00. The van der Waals surface area contributed by atoms with Crippen molar-refractivity contribution in [2.24, 2.45) is 9.98 Å². The smallest absolute Gasteiger partial charge is 0.133 e. The fourth-order valence-electron chi connectivity index (χ4n) is 4.02. The summed E-state index contributed by atoms with van der Waals surface area (Å²) in [4.78, 5) is 23.8. The van der Waals surface area contributed by atoms with Crippen molar-refractivity contribution in [1.29, 1.82) is 0 Å². The van der Waals surface area contributed by atoms with Crippen LogP contribution in [0.15, 0.2) is 70.9 Å². The summed E-state index contributed by atoms with van der Waals surface area (Å²) >= 11 is 0. The number of carbonyl (C=O) groups is 1. The van der Waals surface area contributed by atoms with Gasteiger partial charge in [-0.3, -0.25) is 14.9 Å². The number of benzene rings is 2. The third kappa shape index (κ3) is 6.42. The molecule has 1 N–H and O–H groups in total. The monoisotopic (exact) mass is 477 g/mol. The molecule has 1 aliphatic heterocycles. The van der Waals surface area contributed by atoms with Gasteiger partial charge in [-0.1, -0.05) is 24.8 Å². The summed E-state index contributed by atoms with van der Waals surface area (Å²) in [5, 5.41) is 3.08. The number of piperazine rings is 1.